The van der Waals surface area contributed by atoms with E-state index < -0.39 is 11.7 Å². The normalized spacial score (nSPS) is 17.6. The molecule has 96 valence electrons. The van der Waals surface area contributed by atoms with Crippen molar-refractivity contribution < 1.29 is 13.2 Å². The predicted molar refractivity (Wildman–Crippen MR) is 60.6 cm³/mol. The highest BCUT2D eigenvalue weighted by molar-refractivity contribution is 5.28. The maximum Gasteiger partial charge on any atom is 0.416 e. The number of piperidine rings is 1. The molecule has 2 rings (SSSR count). The molecular weight excluding hydrogens is 241 g/mol. The Morgan fingerprint density at radius 3 is 2.44 bits per heavy atom. The first-order chi connectivity index (χ1) is 8.50. The van der Waals surface area contributed by atoms with Crippen LogP contribution in [0.15, 0.2) is 24.3 Å². The topological polar surface area (TPSA) is 27.0 Å². The van der Waals surface area contributed by atoms with Crippen LogP contribution in [0.25, 0.3) is 0 Å². The Morgan fingerprint density at radius 1 is 1.22 bits per heavy atom. The standard InChI is InChI=1S/C13H13F3N2/c14-13(15,16)12-3-1-2-11(8-12)10-4-6-18(9-17)7-5-10/h1-3,8,10H,4-7H2. The summed E-state index contributed by atoms with van der Waals surface area (Å²) in [6.07, 6.45) is -0.761. The van der Waals surface area contributed by atoms with Crippen LogP contribution >= 0.6 is 0 Å². The Morgan fingerprint density at radius 2 is 1.89 bits per heavy atom. The largest absolute Gasteiger partial charge is 0.416 e. The molecule has 1 aromatic carbocycles. The number of rotatable bonds is 1. The van der Waals surface area contributed by atoms with Crippen molar-refractivity contribution in [1.82, 2.24) is 4.90 Å². The molecule has 5 heteroatoms. The lowest BCUT2D eigenvalue weighted by atomic mass is 9.89. The SMILES string of the molecule is N#CN1CCC(c2cccc(C(F)(F)F)c2)CC1. The maximum absolute atomic E-state index is 12.6. The Balaban J connectivity index is 2.13. The third-order valence-corrected chi connectivity index (χ3v) is 3.32. The minimum Gasteiger partial charge on any atom is -0.311 e. The molecule has 1 saturated heterocycles. The fraction of sp³-hybridized carbons (Fsp3) is 0.462. The van der Waals surface area contributed by atoms with Crippen molar-refractivity contribution in [2.24, 2.45) is 0 Å². The Bertz CT molecular complexity index is 454. The van der Waals surface area contributed by atoms with E-state index in [-0.39, 0.29) is 5.92 Å². The molecule has 1 aliphatic rings. The van der Waals surface area contributed by atoms with Crippen molar-refractivity contribution in [3.05, 3.63) is 35.4 Å². The molecule has 0 saturated carbocycles. The molecule has 0 aliphatic carbocycles. The number of nitrogens with zero attached hydrogens (tertiary/aromatic N) is 2. The van der Waals surface area contributed by atoms with Gasteiger partial charge in [-0.3, -0.25) is 0 Å². The zero-order valence-corrected chi connectivity index (χ0v) is 9.74. The number of alkyl halides is 3. The van der Waals surface area contributed by atoms with Crippen LogP contribution in [0.1, 0.15) is 29.9 Å². The van der Waals surface area contributed by atoms with Gasteiger partial charge in [0.15, 0.2) is 6.19 Å². The number of benzene rings is 1. The van der Waals surface area contributed by atoms with Crippen LogP contribution in [-0.4, -0.2) is 18.0 Å². The first kappa shape index (κ1) is 12.7. The van der Waals surface area contributed by atoms with Gasteiger partial charge in [-0.15, -0.1) is 0 Å². The molecule has 18 heavy (non-hydrogen) atoms. The van der Waals surface area contributed by atoms with E-state index in [2.05, 4.69) is 6.19 Å². The molecule has 1 fully saturated rings. The van der Waals surface area contributed by atoms with E-state index in [1.807, 2.05) is 0 Å². The molecule has 0 bridgehead atoms. The summed E-state index contributed by atoms with van der Waals surface area (Å²) in [6, 6.07) is 5.51. The first-order valence-electron chi connectivity index (χ1n) is 5.82. The quantitative estimate of drug-likeness (QED) is 0.718. The van der Waals surface area contributed by atoms with Crippen LogP contribution in [0.4, 0.5) is 13.2 Å². The summed E-state index contributed by atoms with van der Waals surface area (Å²) in [5, 5.41) is 8.73. The molecule has 1 aromatic rings. The highest BCUT2D eigenvalue weighted by Crippen LogP contribution is 2.33. The summed E-state index contributed by atoms with van der Waals surface area (Å²) in [4.78, 5) is 1.64. The highest BCUT2D eigenvalue weighted by Gasteiger charge is 2.31. The van der Waals surface area contributed by atoms with Gasteiger partial charge < -0.3 is 4.90 Å². The lowest BCUT2D eigenvalue weighted by molar-refractivity contribution is -0.137. The molecule has 0 atom stereocenters. The van der Waals surface area contributed by atoms with E-state index in [1.165, 1.54) is 12.1 Å². The van der Waals surface area contributed by atoms with Crippen molar-refractivity contribution in [2.75, 3.05) is 13.1 Å². The van der Waals surface area contributed by atoms with Gasteiger partial charge in [0.1, 0.15) is 0 Å². The van der Waals surface area contributed by atoms with Gasteiger partial charge in [0.05, 0.1) is 5.56 Å². The summed E-state index contributed by atoms with van der Waals surface area (Å²) in [7, 11) is 0. The zero-order chi connectivity index (χ0) is 13.2. The van der Waals surface area contributed by atoms with Crippen LogP contribution < -0.4 is 0 Å². The van der Waals surface area contributed by atoms with Gasteiger partial charge in [0, 0.05) is 13.1 Å². The minimum absolute atomic E-state index is 0.122. The lowest BCUT2D eigenvalue weighted by Crippen LogP contribution is -2.28. The Kier molecular flexibility index (Phi) is 3.46. The van der Waals surface area contributed by atoms with Gasteiger partial charge in [0.2, 0.25) is 0 Å². The average Bonchev–Trinajstić information content (AvgIpc) is 2.38. The molecule has 0 N–H and O–H groups in total. The molecule has 0 unspecified atom stereocenters. The van der Waals surface area contributed by atoms with Crippen molar-refractivity contribution in [2.45, 2.75) is 24.9 Å². The van der Waals surface area contributed by atoms with Crippen LogP contribution in [0.5, 0.6) is 0 Å². The van der Waals surface area contributed by atoms with E-state index in [0.29, 0.717) is 13.1 Å². The van der Waals surface area contributed by atoms with E-state index in [9.17, 15) is 13.2 Å². The van der Waals surface area contributed by atoms with E-state index in [4.69, 9.17) is 5.26 Å². The lowest BCUT2D eigenvalue weighted by Gasteiger charge is -2.28. The first-order valence-corrected chi connectivity index (χ1v) is 5.82. The second-order valence-electron chi connectivity index (χ2n) is 4.48. The molecule has 0 amide bonds. The van der Waals surface area contributed by atoms with Crippen molar-refractivity contribution in [3.8, 4) is 6.19 Å². The van der Waals surface area contributed by atoms with E-state index in [0.717, 1.165) is 24.5 Å². The smallest absolute Gasteiger partial charge is 0.311 e. The number of hydrogen-bond acceptors (Lipinski definition) is 2. The van der Waals surface area contributed by atoms with Crippen LogP contribution in [0.3, 0.4) is 0 Å². The number of nitriles is 1. The Hall–Kier alpha value is -1.70. The molecule has 0 spiro atoms. The summed E-state index contributed by atoms with van der Waals surface area (Å²) >= 11 is 0. The highest BCUT2D eigenvalue weighted by atomic mass is 19.4. The van der Waals surface area contributed by atoms with Crippen LogP contribution in [-0.2, 0) is 6.18 Å². The van der Waals surface area contributed by atoms with Gasteiger partial charge in [-0.25, -0.2) is 0 Å². The van der Waals surface area contributed by atoms with Gasteiger partial charge >= 0.3 is 6.18 Å². The van der Waals surface area contributed by atoms with E-state index >= 15 is 0 Å². The van der Waals surface area contributed by atoms with Gasteiger partial charge in [-0.05, 0) is 30.4 Å². The predicted octanol–water partition coefficient (Wildman–Crippen LogP) is 3.37. The second kappa shape index (κ2) is 4.89. The molecular formula is C13H13F3N2. The zero-order valence-electron chi connectivity index (χ0n) is 9.74. The van der Waals surface area contributed by atoms with Crippen molar-refractivity contribution in [1.29, 1.82) is 5.26 Å². The summed E-state index contributed by atoms with van der Waals surface area (Å²) < 4.78 is 37.8. The minimum atomic E-state index is -4.29. The van der Waals surface area contributed by atoms with Crippen molar-refractivity contribution >= 4 is 0 Å². The molecule has 1 heterocycles. The van der Waals surface area contributed by atoms with E-state index in [1.54, 1.807) is 11.0 Å². The summed E-state index contributed by atoms with van der Waals surface area (Å²) in [6.45, 7) is 1.24. The summed E-state index contributed by atoms with van der Waals surface area (Å²) in [5.74, 6) is 0.122. The third-order valence-electron chi connectivity index (χ3n) is 3.32. The third kappa shape index (κ3) is 2.76. The van der Waals surface area contributed by atoms with Crippen LogP contribution in [0, 0.1) is 11.5 Å². The summed E-state index contributed by atoms with van der Waals surface area (Å²) in [5.41, 5.74) is 0.130. The number of hydrogen-bond donors (Lipinski definition) is 0. The van der Waals surface area contributed by atoms with Gasteiger partial charge in [-0.2, -0.15) is 18.4 Å². The molecule has 0 aromatic heterocycles. The maximum atomic E-state index is 12.6. The monoisotopic (exact) mass is 254 g/mol. The second-order valence-corrected chi connectivity index (χ2v) is 4.48. The van der Waals surface area contributed by atoms with Gasteiger partial charge in [0.25, 0.3) is 0 Å². The van der Waals surface area contributed by atoms with Crippen molar-refractivity contribution in [3.63, 3.8) is 0 Å². The number of likely N-dealkylation sites (tertiary alicyclic amines) is 1. The molecule has 1 aliphatic heterocycles. The average molecular weight is 254 g/mol. The van der Waals surface area contributed by atoms with Gasteiger partial charge in [-0.1, -0.05) is 18.2 Å². The Labute approximate surface area is 104 Å². The van der Waals surface area contributed by atoms with Crippen LogP contribution in [0.2, 0.25) is 0 Å². The fourth-order valence-electron chi connectivity index (χ4n) is 2.28. The fourth-order valence-corrected chi connectivity index (χ4v) is 2.28. The molecule has 0 radical (unpaired) electrons. The molecule has 2 nitrogen and oxygen atoms in total. The number of halogens is 3.